The predicted octanol–water partition coefficient (Wildman–Crippen LogP) is 0.919. The summed E-state index contributed by atoms with van der Waals surface area (Å²) in [7, 11) is -4.43. The summed E-state index contributed by atoms with van der Waals surface area (Å²) in [5, 5.41) is 3.31. The molecule has 2 atom stereocenters. The monoisotopic (exact) mass is 366 g/mol. The third-order valence-corrected chi connectivity index (χ3v) is 4.73. The zero-order valence-electron chi connectivity index (χ0n) is 13.2. The van der Waals surface area contributed by atoms with Crippen molar-refractivity contribution >= 4 is 33.3 Å². The van der Waals surface area contributed by atoms with Crippen LogP contribution in [0, 0.1) is 5.92 Å². The van der Waals surface area contributed by atoms with Crippen LogP contribution >= 0.6 is 0 Å². The summed E-state index contributed by atoms with van der Waals surface area (Å²) in [5.41, 5.74) is 7.12. The summed E-state index contributed by atoms with van der Waals surface area (Å²) in [6, 6.07) is 0.360. The Morgan fingerprint density at radius 3 is 2.88 bits per heavy atom. The van der Waals surface area contributed by atoms with E-state index in [4.69, 9.17) is 10.3 Å². The van der Waals surface area contributed by atoms with Crippen molar-refractivity contribution in [2.24, 2.45) is 5.92 Å². The van der Waals surface area contributed by atoms with Crippen molar-refractivity contribution in [1.29, 1.82) is 0 Å². The highest BCUT2D eigenvalue weighted by Crippen LogP contribution is 2.33. The highest BCUT2D eigenvalue weighted by Gasteiger charge is 2.27. The zero-order valence-corrected chi connectivity index (χ0v) is 14.1. The van der Waals surface area contributed by atoms with E-state index in [0.717, 1.165) is 12.8 Å². The van der Waals surface area contributed by atoms with E-state index in [9.17, 15) is 8.42 Å². The van der Waals surface area contributed by atoms with Gasteiger partial charge in [0.1, 0.15) is 0 Å². The lowest BCUT2D eigenvalue weighted by atomic mass is 10.1. The molecule has 134 valence electrons. The molecule has 4 N–H and O–H groups in total. The summed E-state index contributed by atoms with van der Waals surface area (Å²) < 4.78 is 36.4. The van der Waals surface area contributed by atoms with E-state index in [1.165, 1.54) is 0 Å². The van der Waals surface area contributed by atoms with Gasteiger partial charge in [0.2, 0.25) is 5.95 Å². The van der Waals surface area contributed by atoms with Gasteiger partial charge in [0, 0.05) is 12.0 Å². The Kier molecular flexibility index (Phi) is 3.85. The molecule has 0 aliphatic heterocycles. The summed E-state index contributed by atoms with van der Waals surface area (Å²) in [6.07, 6.45) is 8.29. The molecule has 11 heteroatoms. The highest BCUT2D eigenvalue weighted by molar-refractivity contribution is 7.80. The fraction of sp³-hybridized carbons (Fsp3) is 0.500. The van der Waals surface area contributed by atoms with Crippen molar-refractivity contribution in [2.75, 3.05) is 17.7 Å². The predicted molar refractivity (Wildman–Crippen MR) is 90.2 cm³/mol. The number of hydrogen-bond acceptors (Lipinski definition) is 8. The summed E-state index contributed by atoms with van der Waals surface area (Å²) in [6.45, 7) is -0.107. The second kappa shape index (κ2) is 5.93. The van der Waals surface area contributed by atoms with Crippen LogP contribution in [0.5, 0.6) is 0 Å². The summed E-state index contributed by atoms with van der Waals surface area (Å²) in [5.74, 6) is 0.676. The number of allylic oxidation sites excluding steroid dienone is 1. The maximum atomic E-state index is 10.7. The van der Waals surface area contributed by atoms with E-state index in [1.807, 2.05) is 16.7 Å². The van der Waals surface area contributed by atoms with E-state index in [0.29, 0.717) is 29.4 Å². The minimum Gasteiger partial charge on any atom is -0.368 e. The van der Waals surface area contributed by atoms with E-state index < -0.39 is 10.4 Å². The number of aromatic nitrogens is 4. The van der Waals surface area contributed by atoms with Crippen molar-refractivity contribution in [2.45, 2.75) is 31.3 Å². The van der Waals surface area contributed by atoms with Gasteiger partial charge in [0.25, 0.3) is 0 Å². The molecule has 2 heterocycles. The van der Waals surface area contributed by atoms with Crippen molar-refractivity contribution in [3.05, 3.63) is 18.5 Å². The maximum absolute atomic E-state index is 10.7. The van der Waals surface area contributed by atoms with Crippen LogP contribution in [0.2, 0.25) is 0 Å². The van der Waals surface area contributed by atoms with E-state index in [1.54, 1.807) is 6.33 Å². The van der Waals surface area contributed by atoms with Crippen LogP contribution in [0.3, 0.4) is 0 Å². The van der Waals surface area contributed by atoms with Crippen LogP contribution in [0.1, 0.15) is 25.3 Å². The van der Waals surface area contributed by atoms with Crippen LogP contribution in [-0.4, -0.2) is 45.1 Å². The van der Waals surface area contributed by atoms with Gasteiger partial charge in [-0.25, -0.2) is 9.17 Å². The van der Waals surface area contributed by atoms with Gasteiger partial charge < -0.3 is 15.6 Å². The molecule has 10 nitrogen and oxygen atoms in total. The molecule has 0 radical (unpaired) electrons. The molecule has 2 aromatic heterocycles. The Morgan fingerprint density at radius 2 is 2.16 bits per heavy atom. The molecule has 0 bridgehead atoms. The lowest BCUT2D eigenvalue weighted by Crippen LogP contribution is -2.13. The molecule has 0 unspecified atom stereocenters. The number of nitrogens with two attached hydrogens (primary N) is 1. The molecule has 0 amide bonds. The van der Waals surface area contributed by atoms with Gasteiger partial charge in [0.15, 0.2) is 17.0 Å². The molecule has 4 rings (SSSR count). The molecule has 2 aromatic rings. The highest BCUT2D eigenvalue weighted by atomic mass is 32.3. The summed E-state index contributed by atoms with van der Waals surface area (Å²) >= 11 is 0. The first-order valence-corrected chi connectivity index (χ1v) is 9.32. The Bertz CT molecular complexity index is 936. The third kappa shape index (κ3) is 3.57. The number of fused-ring (bicyclic) bond motifs is 1. The van der Waals surface area contributed by atoms with E-state index in [-0.39, 0.29) is 24.5 Å². The molecule has 1 saturated carbocycles. The van der Waals surface area contributed by atoms with Crippen LogP contribution in [0.25, 0.3) is 11.2 Å². The van der Waals surface area contributed by atoms with Gasteiger partial charge in [-0.1, -0.05) is 12.2 Å². The van der Waals surface area contributed by atoms with Crippen molar-refractivity contribution < 1.29 is 17.2 Å². The minimum absolute atomic E-state index is 0.0527. The van der Waals surface area contributed by atoms with E-state index >= 15 is 0 Å². The summed E-state index contributed by atoms with van der Waals surface area (Å²) in [4.78, 5) is 13.0. The molecular formula is C14H18N6O4S. The van der Waals surface area contributed by atoms with Gasteiger partial charge >= 0.3 is 10.4 Å². The maximum Gasteiger partial charge on any atom is 0.397 e. The normalized spacial score (nSPS) is 23.4. The van der Waals surface area contributed by atoms with Crippen LogP contribution < -0.4 is 11.1 Å². The Balaban J connectivity index is 1.56. The van der Waals surface area contributed by atoms with Crippen LogP contribution in [0.4, 0.5) is 11.8 Å². The van der Waals surface area contributed by atoms with Gasteiger partial charge in [-0.05, 0) is 19.3 Å². The van der Waals surface area contributed by atoms with Crippen LogP contribution in [-0.2, 0) is 14.6 Å². The lowest BCUT2D eigenvalue weighted by molar-refractivity contribution is 0.235. The topological polar surface area (TPSA) is 145 Å². The Labute approximate surface area is 144 Å². The van der Waals surface area contributed by atoms with Gasteiger partial charge in [-0.3, -0.25) is 4.55 Å². The number of rotatable bonds is 6. The van der Waals surface area contributed by atoms with Crippen molar-refractivity contribution in [3.8, 4) is 0 Å². The number of hydrogen-bond donors (Lipinski definition) is 3. The van der Waals surface area contributed by atoms with Crippen molar-refractivity contribution in [3.63, 3.8) is 0 Å². The first-order chi connectivity index (χ1) is 11.9. The fourth-order valence-electron chi connectivity index (χ4n) is 2.95. The zero-order chi connectivity index (χ0) is 17.6. The standard InChI is InChI=1S/C14H18N6O4S/c15-14-18-12(17-9-2-3-9)11-13(19-14)20(7-16-11)10-4-1-8(5-10)6-24-25(21,22)23/h1,4,7-10H,2-3,5-6H2,(H,21,22,23)(H3,15,17,18,19)/t8-,10+/m1/s1. The number of nitrogens with zero attached hydrogens (tertiary/aromatic N) is 4. The molecule has 0 saturated heterocycles. The average molecular weight is 366 g/mol. The molecular weight excluding hydrogens is 348 g/mol. The smallest absolute Gasteiger partial charge is 0.368 e. The third-order valence-electron chi connectivity index (χ3n) is 4.29. The number of nitrogen functional groups attached to an aromatic ring is 1. The first kappa shape index (κ1) is 16.2. The molecule has 2 aliphatic rings. The largest absolute Gasteiger partial charge is 0.397 e. The van der Waals surface area contributed by atoms with E-state index in [2.05, 4.69) is 24.5 Å². The van der Waals surface area contributed by atoms with Gasteiger partial charge in [-0.2, -0.15) is 18.4 Å². The quantitative estimate of drug-likeness (QED) is 0.501. The number of anilines is 2. The molecule has 0 aromatic carbocycles. The molecule has 25 heavy (non-hydrogen) atoms. The molecule has 2 aliphatic carbocycles. The second-order valence-corrected chi connectivity index (χ2v) is 7.42. The minimum atomic E-state index is -4.43. The van der Waals surface area contributed by atoms with Crippen LogP contribution in [0.15, 0.2) is 18.5 Å². The number of imidazole rings is 1. The lowest BCUT2D eigenvalue weighted by Gasteiger charge is -2.14. The average Bonchev–Trinajstić information content (AvgIpc) is 3.06. The first-order valence-electron chi connectivity index (χ1n) is 7.96. The van der Waals surface area contributed by atoms with Gasteiger partial charge in [-0.15, -0.1) is 0 Å². The molecule has 0 spiro atoms. The SMILES string of the molecule is Nc1nc(NC2CC2)c2ncn([C@H]3C=C[C@@H](COS(=O)(=O)O)C3)c2n1. The Morgan fingerprint density at radius 1 is 1.36 bits per heavy atom. The fourth-order valence-corrected chi connectivity index (χ4v) is 3.30. The number of nitrogens with one attached hydrogen (secondary N) is 1. The molecule has 1 fully saturated rings. The van der Waals surface area contributed by atoms with Gasteiger partial charge in [0.05, 0.1) is 19.0 Å². The van der Waals surface area contributed by atoms with Crippen molar-refractivity contribution in [1.82, 2.24) is 19.5 Å². The Hall–Kier alpha value is -2.24. The second-order valence-electron chi connectivity index (χ2n) is 6.33.